The molecule has 8 heteroatoms. The van der Waals surface area contributed by atoms with Gasteiger partial charge in [0.2, 0.25) is 5.89 Å². The molecule has 0 unspecified atom stereocenters. The second-order valence-electron chi connectivity index (χ2n) is 5.29. The van der Waals surface area contributed by atoms with Crippen LogP contribution in [0.15, 0.2) is 53.2 Å². The number of hydrogen-bond donors (Lipinski definition) is 0. The molecule has 0 atom stereocenters. The van der Waals surface area contributed by atoms with E-state index < -0.39 is 0 Å². The Kier molecular flexibility index (Phi) is 3.70. The molecule has 0 saturated heterocycles. The predicted octanol–water partition coefficient (Wildman–Crippen LogP) is 2.70. The van der Waals surface area contributed by atoms with Gasteiger partial charge in [-0.25, -0.2) is 4.68 Å². The fraction of sp³-hybridized carbons (Fsp3) is 0.118. The molecule has 124 valence electrons. The van der Waals surface area contributed by atoms with E-state index in [1.165, 1.54) is 0 Å². The van der Waals surface area contributed by atoms with E-state index in [-0.39, 0.29) is 0 Å². The smallest absolute Gasteiger partial charge is 0.270 e. The van der Waals surface area contributed by atoms with Crippen LogP contribution in [0.25, 0.3) is 28.7 Å². The van der Waals surface area contributed by atoms with Crippen molar-refractivity contribution in [3.63, 3.8) is 0 Å². The minimum absolute atomic E-state index is 0.311. The summed E-state index contributed by atoms with van der Waals surface area (Å²) >= 11 is 0. The molecule has 0 radical (unpaired) electrons. The van der Waals surface area contributed by atoms with Gasteiger partial charge in [-0.05, 0) is 31.2 Å². The van der Waals surface area contributed by atoms with Crippen LogP contribution in [0.2, 0.25) is 0 Å². The predicted molar refractivity (Wildman–Crippen MR) is 89.2 cm³/mol. The molecule has 3 aromatic heterocycles. The number of benzene rings is 1. The molecule has 0 saturated carbocycles. The van der Waals surface area contributed by atoms with Crippen molar-refractivity contribution in [2.24, 2.45) is 0 Å². The third-order valence-corrected chi connectivity index (χ3v) is 3.73. The quantitative estimate of drug-likeness (QED) is 0.566. The van der Waals surface area contributed by atoms with E-state index in [0.717, 1.165) is 22.7 Å². The number of pyridine rings is 1. The fourth-order valence-electron chi connectivity index (χ4n) is 2.44. The lowest BCUT2D eigenvalue weighted by Gasteiger charge is -2.05. The molecule has 4 aromatic rings. The maximum absolute atomic E-state index is 5.73. The Labute approximate surface area is 143 Å². The van der Waals surface area contributed by atoms with Crippen molar-refractivity contribution in [1.29, 1.82) is 0 Å². The molecule has 1 aromatic carbocycles. The highest BCUT2D eigenvalue weighted by Crippen LogP contribution is 2.26. The van der Waals surface area contributed by atoms with Crippen LogP contribution in [0, 0.1) is 6.92 Å². The average Bonchev–Trinajstić information content (AvgIpc) is 3.29. The van der Waals surface area contributed by atoms with Crippen molar-refractivity contribution in [1.82, 2.24) is 30.2 Å². The Morgan fingerprint density at radius 1 is 1.04 bits per heavy atom. The molecule has 3 heterocycles. The summed E-state index contributed by atoms with van der Waals surface area (Å²) in [7, 11) is 1.62. The second-order valence-corrected chi connectivity index (χ2v) is 5.29. The summed E-state index contributed by atoms with van der Waals surface area (Å²) in [6.07, 6.45) is 3.35. The number of methoxy groups -OCH3 is 1. The lowest BCUT2D eigenvalue weighted by atomic mass is 10.2. The summed E-state index contributed by atoms with van der Waals surface area (Å²) < 4.78 is 12.7. The van der Waals surface area contributed by atoms with Gasteiger partial charge in [0.25, 0.3) is 5.89 Å². The van der Waals surface area contributed by atoms with Gasteiger partial charge in [0, 0.05) is 18.5 Å². The fourth-order valence-corrected chi connectivity index (χ4v) is 2.44. The number of nitrogens with zero attached hydrogens (tertiary/aromatic N) is 6. The van der Waals surface area contributed by atoms with E-state index in [0.29, 0.717) is 17.5 Å². The standard InChI is InChI=1S/C17H14N6O2/c1-11-15(17-21-20-16(25-17)12-5-4-8-18-10-12)19-22-23(11)13-6-3-7-14(9-13)24-2/h3-10H,1-2H3. The first-order valence-corrected chi connectivity index (χ1v) is 7.57. The second kappa shape index (κ2) is 6.16. The molecule has 0 aliphatic carbocycles. The van der Waals surface area contributed by atoms with E-state index in [4.69, 9.17) is 9.15 Å². The van der Waals surface area contributed by atoms with E-state index in [9.17, 15) is 0 Å². The maximum Gasteiger partial charge on any atom is 0.270 e. The Hall–Kier alpha value is -3.55. The third kappa shape index (κ3) is 2.74. The number of rotatable bonds is 4. The first-order chi connectivity index (χ1) is 12.3. The zero-order valence-corrected chi connectivity index (χ0v) is 13.6. The molecule has 0 amide bonds. The number of hydrogen-bond acceptors (Lipinski definition) is 7. The molecule has 0 spiro atoms. The van der Waals surface area contributed by atoms with Crippen LogP contribution in [0.1, 0.15) is 5.69 Å². The molecule has 25 heavy (non-hydrogen) atoms. The zero-order valence-electron chi connectivity index (χ0n) is 13.6. The number of ether oxygens (including phenoxy) is 1. The molecule has 4 rings (SSSR count). The molecule has 0 bridgehead atoms. The summed E-state index contributed by atoms with van der Waals surface area (Å²) in [5, 5.41) is 16.5. The lowest BCUT2D eigenvalue weighted by molar-refractivity contribution is 0.414. The molecule has 0 aliphatic rings. The van der Waals surface area contributed by atoms with Gasteiger partial charge in [0.1, 0.15) is 5.75 Å². The highest BCUT2D eigenvalue weighted by molar-refractivity contribution is 5.56. The largest absolute Gasteiger partial charge is 0.497 e. The number of aromatic nitrogens is 6. The molecule has 0 fully saturated rings. The van der Waals surface area contributed by atoms with Crippen molar-refractivity contribution in [3.05, 3.63) is 54.5 Å². The van der Waals surface area contributed by atoms with Crippen LogP contribution in [0.5, 0.6) is 5.75 Å². The van der Waals surface area contributed by atoms with Crippen molar-refractivity contribution in [3.8, 4) is 34.5 Å². The molecular formula is C17H14N6O2. The van der Waals surface area contributed by atoms with Crippen molar-refractivity contribution in [2.75, 3.05) is 7.11 Å². The van der Waals surface area contributed by atoms with Gasteiger partial charge in [-0.2, -0.15) is 0 Å². The summed E-state index contributed by atoms with van der Waals surface area (Å²) in [6, 6.07) is 11.2. The van der Waals surface area contributed by atoms with Gasteiger partial charge in [0.15, 0.2) is 5.69 Å². The van der Waals surface area contributed by atoms with Gasteiger partial charge in [0.05, 0.1) is 24.1 Å². The van der Waals surface area contributed by atoms with Crippen molar-refractivity contribution >= 4 is 0 Å². The van der Waals surface area contributed by atoms with Gasteiger partial charge < -0.3 is 9.15 Å². The molecule has 0 N–H and O–H groups in total. The molecule has 8 nitrogen and oxygen atoms in total. The first kappa shape index (κ1) is 15.0. The minimum atomic E-state index is 0.311. The molecule has 0 aliphatic heterocycles. The Morgan fingerprint density at radius 3 is 2.72 bits per heavy atom. The average molecular weight is 334 g/mol. The topological polar surface area (TPSA) is 91.8 Å². The third-order valence-electron chi connectivity index (χ3n) is 3.73. The van der Waals surface area contributed by atoms with Crippen LogP contribution in [-0.4, -0.2) is 37.3 Å². The van der Waals surface area contributed by atoms with Gasteiger partial charge >= 0.3 is 0 Å². The van der Waals surface area contributed by atoms with Crippen molar-refractivity contribution < 1.29 is 9.15 Å². The molecular weight excluding hydrogens is 320 g/mol. The van der Waals surface area contributed by atoms with Gasteiger partial charge in [-0.15, -0.1) is 15.3 Å². The lowest BCUT2D eigenvalue weighted by Crippen LogP contribution is -1.99. The summed E-state index contributed by atoms with van der Waals surface area (Å²) in [4.78, 5) is 4.05. The monoisotopic (exact) mass is 334 g/mol. The van der Waals surface area contributed by atoms with Crippen LogP contribution in [0.4, 0.5) is 0 Å². The van der Waals surface area contributed by atoms with E-state index in [2.05, 4.69) is 25.5 Å². The van der Waals surface area contributed by atoms with Gasteiger partial charge in [-0.1, -0.05) is 11.3 Å². The Bertz CT molecular complexity index is 1010. The Morgan fingerprint density at radius 2 is 1.92 bits per heavy atom. The van der Waals surface area contributed by atoms with Crippen molar-refractivity contribution in [2.45, 2.75) is 6.92 Å². The zero-order chi connectivity index (χ0) is 17.2. The summed E-state index contributed by atoms with van der Waals surface area (Å²) in [6.45, 7) is 1.89. The van der Waals surface area contributed by atoms with E-state index in [1.54, 1.807) is 24.2 Å². The Balaban J connectivity index is 1.71. The van der Waals surface area contributed by atoms with Crippen LogP contribution < -0.4 is 4.74 Å². The van der Waals surface area contributed by atoms with Crippen LogP contribution in [-0.2, 0) is 0 Å². The first-order valence-electron chi connectivity index (χ1n) is 7.57. The SMILES string of the molecule is COc1cccc(-n2nnc(-c3nnc(-c4cccnc4)o3)c2C)c1. The van der Waals surface area contributed by atoms with Crippen LogP contribution in [0.3, 0.4) is 0 Å². The van der Waals surface area contributed by atoms with E-state index >= 15 is 0 Å². The minimum Gasteiger partial charge on any atom is -0.497 e. The highest BCUT2D eigenvalue weighted by Gasteiger charge is 2.18. The normalized spacial score (nSPS) is 10.8. The maximum atomic E-state index is 5.73. The summed E-state index contributed by atoms with van der Waals surface area (Å²) in [5.74, 6) is 1.44. The summed E-state index contributed by atoms with van der Waals surface area (Å²) in [5.41, 5.74) is 2.90. The highest BCUT2D eigenvalue weighted by atomic mass is 16.5. The van der Waals surface area contributed by atoms with Crippen LogP contribution >= 0.6 is 0 Å². The van der Waals surface area contributed by atoms with Gasteiger partial charge in [-0.3, -0.25) is 4.98 Å². The van der Waals surface area contributed by atoms with E-state index in [1.807, 2.05) is 43.3 Å².